The van der Waals surface area contributed by atoms with Gasteiger partial charge in [0, 0.05) is 0 Å². The van der Waals surface area contributed by atoms with Gasteiger partial charge in [0.2, 0.25) is 16.7 Å². The average Bonchev–Trinajstić information content (AvgIpc) is 3.55. The van der Waals surface area contributed by atoms with Crippen molar-refractivity contribution in [1.29, 1.82) is 0 Å². The van der Waals surface area contributed by atoms with Crippen molar-refractivity contribution >= 4 is 22.3 Å². The third-order valence-corrected chi connectivity index (χ3v) is 7.17. The topological polar surface area (TPSA) is 93.1 Å². The molecule has 3 aromatic heterocycles. The number of furan rings is 1. The highest BCUT2D eigenvalue weighted by atomic mass is 32.1. The number of esters is 1. The average molecular weight is 467 g/mol. The number of aromatic hydroxyl groups is 1. The number of likely N-dealkylation sites (tertiary alicyclic amines) is 1. The molecule has 0 spiro atoms. The summed E-state index contributed by atoms with van der Waals surface area (Å²) < 4.78 is 12.1. The van der Waals surface area contributed by atoms with Gasteiger partial charge in [0.15, 0.2) is 5.76 Å². The fourth-order valence-corrected chi connectivity index (χ4v) is 5.49. The number of aromatic nitrogens is 3. The Morgan fingerprint density at radius 3 is 2.67 bits per heavy atom. The SMILES string of the molecule is CCOC(=O)C1CCN([C@@H](c2ccc(C)cc2)c2sc3nc(-c4ccco4)nn3c2O)CC1. The number of carbonyl (C=O) groups is 1. The summed E-state index contributed by atoms with van der Waals surface area (Å²) in [6, 6.07) is 11.8. The van der Waals surface area contributed by atoms with E-state index in [1.54, 1.807) is 18.4 Å². The zero-order chi connectivity index (χ0) is 22.9. The van der Waals surface area contributed by atoms with Crippen LogP contribution < -0.4 is 0 Å². The number of nitrogens with zero attached hydrogens (tertiary/aromatic N) is 4. The Bertz CT molecular complexity index is 1240. The summed E-state index contributed by atoms with van der Waals surface area (Å²) in [6.45, 7) is 5.75. The van der Waals surface area contributed by atoms with Gasteiger partial charge in [-0.05, 0) is 57.5 Å². The number of ether oxygens (including phenoxy) is 1. The Kier molecular flexibility index (Phi) is 5.90. The lowest BCUT2D eigenvalue weighted by Gasteiger charge is -2.36. The largest absolute Gasteiger partial charge is 0.492 e. The number of benzene rings is 1. The van der Waals surface area contributed by atoms with Gasteiger partial charge in [-0.3, -0.25) is 9.69 Å². The molecule has 0 bridgehead atoms. The van der Waals surface area contributed by atoms with Crippen LogP contribution in [0, 0.1) is 12.8 Å². The van der Waals surface area contributed by atoms with E-state index >= 15 is 0 Å². The monoisotopic (exact) mass is 466 g/mol. The Labute approximate surface area is 195 Å². The molecule has 5 rings (SSSR count). The summed E-state index contributed by atoms with van der Waals surface area (Å²) >= 11 is 1.42. The Hall–Kier alpha value is -3.17. The minimum Gasteiger partial charge on any atom is -0.492 e. The first kappa shape index (κ1) is 21.7. The van der Waals surface area contributed by atoms with Crippen molar-refractivity contribution < 1.29 is 19.1 Å². The molecule has 1 atom stereocenters. The van der Waals surface area contributed by atoms with E-state index in [-0.39, 0.29) is 23.8 Å². The van der Waals surface area contributed by atoms with Gasteiger partial charge in [0.25, 0.3) is 0 Å². The maximum atomic E-state index is 12.2. The lowest BCUT2D eigenvalue weighted by atomic mass is 9.93. The van der Waals surface area contributed by atoms with E-state index in [2.05, 4.69) is 46.2 Å². The summed E-state index contributed by atoms with van der Waals surface area (Å²) in [4.78, 5) is 20.5. The maximum Gasteiger partial charge on any atom is 0.309 e. The standard InChI is InChI=1S/C24H26N4O4S/c1-3-31-23(30)17-10-12-27(13-11-17)19(16-8-6-15(2)7-9-16)20-22(29)28-24(33-20)25-21(26-28)18-5-4-14-32-18/h4-9,14,17,19,29H,3,10-13H2,1-2H3/t19-/m0/s1. The van der Waals surface area contributed by atoms with Gasteiger partial charge < -0.3 is 14.3 Å². The van der Waals surface area contributed by atoms with Crippen molar-refractivity contribution in [1.82, 2.24) is 19.5 Å². The molecule has 1 aromatic carbocycles. The molecule has 8 nitrogen and oxygen atoms in total. The van der Waals surface area contributed by atoms with Crippen molar-refractivity contribution in [2.75, 3.05) is 19.7 Å². The normalized spacial score (nSPS) is 16.3. The summed E-state index contributed by atoms with van der Waals surface area (Å²) in [5.41, 5.74) is 2.26. The molecule has 0 amide bonds. The van der Waals surface area contributed by atoms with Gasteiger partial charge in [-0.1, -0.05) is 41.2 Å². The number of carbonyl (C=O) groups excluding carboxylic acids is 1. The van der Waals surface area contributed by atoms with Gasteiger partial charge in [0.05, 0.1) is 29.7 Å². The maximum absolute atomic E-state index is 12.2. The van der Waals surface area contributed by atoms with Crippen LogP contribution in [0.15, 0.2) is 47.1 Å². The molecular formula is C24H26N4O4S. The quantitative estimate of drug-likeness (QED) is 0.420. The van der Waals surface area contributed by atoms with Gasteiger partial charge in [-0.25, -0.2) is 0 Å². The minimum atomic E-state index is -0.158. The summed E-state index contributed by atoms with van der Waals surface area (Å²) in [5.74, 6) is 0.888. The van der Waals surface area contributed by atoms with Crippen LogP contribution >= 0.6 is 11.3 Å². The molecule has 1 aliphatic rings. The van der Waals surface area contributed by atoms with E-state index in [0.717, 1.165) is 36.4 Å². The van der Waals surface area contributed by atoms with E-state index in [4.69, 9.17) is 9.15 Å². The minimum absolute atomic E-state index is 0.0772. The van der Waals surface area contributed by atoms with Crippen LogP contribution in [-0.4, -0.2) is 50.3 Å². The number of rotatable bonds is 6. The molecule has 1 aliphatic heterocycles. The molecule has 0 saturated carbocycles. The van der Waals surface area contributed by atoms with Crippen LogP contribution in [0.25, 0.3) is 16.5 Å². The van der Waals surface area contributed by atoms with Crippen LogP contribution in [0.2, 0.25) is 0 Å². The molecule has 0 unspecified atom stereocenters. The number of aryl methyl sites for hydroxylation is 1. The number of piperidine rings is 1. The Morgan fingerprint density at radius 1 is 1.27 bits per heavy atom. The van der Waals surface area contributed by atoms with Crippen molar-refractivity contribution in [3.8, 4) is 17.5 Å². The van der Waals surface area contributed by atoms with Gasteiger partial charge >= 0.3 is 5.97 Å². The molecule has 0 radical (unpaired) electrons. The number of hydrogen-bond donors (Lipinski definition) is 1. The van der Waals surface area contributed by atoms with Crippen LogP contribution in [0.1, 0.15) is 41.8 Å². The first-order valence-electron chi connectivity index (χ1n) is 11.1. The number of fused-ring (bicyclic) bond motifs is 1. The van der Waals surface area contributed by atoms with Crippen LogP contribution in [0.5, 0.6) is 5.88 Å². The van der Waals surface area contributed by atoms with Gasteiger partial charge in [0.1, 0.15) is 0 Å². The summed E-state index contributed by atoms with van der Waals surface area (Å²) in [6.07, 6.45) is 3.03. The molecule has 4 aromatic rings. The lowest BCUT2D eigenvalue weighted by Crippen LogP contribution is -2.39. The zero-order valence-corrected chi connectivity index (χ0v) is 19.4. The predicted octanol–water partition coefficient (Wildman–Crippen LogP) is 4.43. The molecular weight excluding hydrogens is 440 g/mol. The third kappa shape index (κ3) is 4.14. The highest BCUT2D eigenvalue weighted by molar-refractivity contribution is 7.17. The first-order chi connectivity index (χ1) is 16.0. The highest BCUT2D eigenvalue weighted by Crippen LogP contribution is 2.42. The van der Waals surface area contributed by atoms with Crippen molar-refractivity contribution in [2.24, 2.45) is 5.92 Å². The first-order valence-corrected chi connectivity index (χ1v) is 12.0. The smallest absolute Gasteiger partial charge is 0.309 e. The third-order valence-electron chi connectivity index (χ3n) is 6.10. The van der Waals surface area contributed by atoms with Crippen LogP contribution in [-0.2, 0) is 9.53 Å². The second-order valence-corrected chi connectivity index (χ2v) is 9.28. The molecule has 33 heavy (non-hydrogen) atoms. The van der Waals surface area contributed by atoms with Gasteiger partial charge in [-0.15, -0.1) is 5.10 Å². The molecule has 0 aliphatic carbocycles. The fourth-order valence-electron chi connectivity index (χ4n) is 4.37. The van der Waals surface area contributed by atoms with Crippen LogP contribution in [0.3, 0.4) is 0 Å². The number of thiazole rings is 1. The fraction of sp³-hybridized carbons (Fsp3) is 0.375. The van der Waals surface area contributed by atoms with E-state index in [9.17, 15) is 9.90 Å². The summed E-state index contributed by atoms with van der Waals surface area (Å²) in [7, 11) is 0. The van der Waals surface area contributed by atoms with Crippen LogP contribution in [0.4, 0.5) is 0 Å². The van der Waals surface area contributed by atoms with E-state index in [1.807, 2.05) is 6.92 Å². The zero-order valence-electron chi connectivity index (χ0n) is 18.6. The van der Waals surface area contributed by atoms with Crippen molar-refractivity contribution in [2.45, 2.75) is 32.7 Å². The van der Waals surface area contributed by atoms with Crippen molar-refractivity contribution in [3.05, 3.63) is 58.7 Å². The second-order valence-electron chi connectivity index (χ2n) is 8.27. The molecule has 1 N–H and O–H groups in total. The molecule has 4 heterocycles. The second kappa shape index (κ2) is 8.99. The molecule has 1 saturated heterocycles. The van der Waals surface area contributed by atoms with E-state index in [0.29, 0.717) is 23.2 Å². The van der Waals surface area contributed by atoms with Gasteiger partial charge in [-0.2, -0.15) is 9.50 Å². The Morgan fingerprint density at radius 2 is 2.03 bits per heavy atom. The van der Waals surface area contributed by atoms with E-state index in [1.165, 1.54) is 21.4 Å². The lowest BCUT2D eigenvalue weighted by molar-refractivity contribution is -0.149. The van der Waals surface area contributed by atoms with Crippen molar-refractivity contribution in [3.63, 3.8) is 0 Å². The predicted molar refractivity (Wildman–Crippen MR) is 124 cm³/mol. The number of hydrogen-bond acceptors (Lipinski definition) is 8. The molecule has 9 heteroatoms. The highest BCUT2D eigenvalue weighted by Gasteiger charge is 2.34. The van der Waals surface area contributed by atoms with E-state index < -0.39 is 0 Å². The Balaban J connectivity index is 1.48. The molecule has 172 valence electrons. The summed E-state index contributed by atoms with van der Waals surface area (Å²) in [5, 5.41) is 15.6. The molecule has 1 fully saturated rings.